The maximum Gasteiger partial charge on any atom is 0.124 e. The standard InChI is InChI=1S/C18H29NO2.ClH/c1-17(2,3)12-9-13(15-11-21-8-7-19-15)16(20)14(10-12)18(4,5)6;/h9-10,15,19-20H,7-8,11H2,1-6H3;1H/t15-;/m1./s1. The van der Waals surface area contributed by atoms with Crippen LogP contribution in [0.4, 0.5) is 0 Å². The molecule has 3 nitrogen and oxygen atoms in total. The molecule has 1 aromatic carbocycles. The van der Waals surface area contributed by atoms with Crippen molar-refractivity contribution in [3.05, 3.63) is 28.8 Å². The molecule has 0 aliphatic carbocycles. The van der Waals surface area contributed by atoms with Crippen molar-refractivity contribution in [1.82, 2.24) is 5.32 Å². The van der Waals surface area contributed by atoms with E-state index in [1.165, 1.54) is 5.56 Å². The Balaban J connectivity index is 0.00000242. The molecule has 4 heteroatoms. The Hall–Kier alpha value is -0.770. The summed E-state index contributed by atoms with van der Waals surface area (Å²) in [4.78, 5) is 0. The van der Waals surface area contributed by atoms with Crippen molar-refractivity contribution >= 4 is 12.4 Å². The normalized spacial score (nSPS) is 19.6. The molecule has 1 saturated heterocycles. The highest BCUT2D eigenvalue weighted by Crippen LogP contribution is 2.40. The van der Waals surface area contributed by atoms with E-state index in [1.807, 2.05) is 0 Å². The molecule has 1 aliphatic heterocycles. The van der Waals surface area contributed by atoms with E-state index in [2.05, 4.69) is 59.0 Å². The predicted octanol–water partition coefficient (Wildman–Crippen LogP) is 4.07. The van der Waals surface area contributed by atoms with Gasteiger partial charge in [-0.3, -0.25) is 0 Å². The van der Waals surface area contributed by atoms with Gasteiger partial charge in [0.15, 0.2) is 0 Å². The minimum Gasteiger partial charge on any atom is -0.507 e. The van der Waals surface area contributed by atoms with E-state index in [0.29, 0.717) is 12.4 Å². The molecule has 0 amide bonds. The third-order valence-corrected chi connectivity index (χ3v) is 4.11. The maximum atomic E-state index is 10.8. The van der Waals surface area contributed by atoms with Crippen molar-refractivity contribution in [3.8, 4) is 5.75 Å². The molecule has 0 spiro atoms. The number of aromatic hydroxyl groups is 1. The summed E-state index contributed by atoms with van der Waals surface area (Å²) >= 11 is 0. The summed E-state index contributed by atoms with van der Waals surface area (Å²) in [5.41, 5.74) is 3.20. The van der Waals surface area contributed by atoms with Gasteiger partial charge in [0.1, 0.15) is 5.75 Å². The molecule has 1 atom stereocenters. The van der Waals surface area contributed by atoms with Crippen LogP contribution >= 0.6 is 12.4 Å². The van der Waals surface area contributed by atoms with Crippen LogP contribution < -0.4 is 5.32 Å². The average molecular weight is 328 g/mol. The minimum atomic E-state index is -0.0877. The fourth-order valence-electron chi connectivity index (χ4n) is 2.69. The molecular weight excluding hydrogens is 298 g/mol. The molecule has 1 aliphatic rings. The van der Waals surface area contributed by atoms with E-state index in [0.717, 1.165) is 24.3 Å². The smallest absolute Gasteiger partial charge is 0.124 e. The molecule has 126 valence electrons. The number of hydrogen-bond donors (Lipinski definition) is 2. The van der Waals surface area contributed by atoms with Crippen molar-refractivity contribution in [1.29, 1.82) is 0 Å². The SMILES string of the molecule is CC(C)(C)c1cc([C@H]2COCCN2)c(O)c(C(C)(C)C)c1.Cl. The number of morpholine rings is 1. The summed E-state index contributed by atoms with van der Waals surface area (Å²) in [5.74, 6) is 0.415. The first-order valence-corrected chi connectivity index (χ1v) is 7.79. The summed E-state index contributed by atoms with van der Waals surface area (Å²) in [5, 5.41) is 14.2. The van der Waals surface area contributed by atoms with Crippen molar-refractivity contribution in [2.24, 2.45) is 0 Å². The van der Waals surface area contributed by atoms with Crippen molar-refractivity contribution in [2.75, 3.05) is 19.8 Å². The predicted molar refractivity (Wildman–Crippen MR) is 94.3 cm³/mol. The maximum absolute atomic E-state index is 10.8. The number of hydrogen-bond acceptors (Lipinski definition) is 3. The Kier molecular flexibility index (Phi) is 5.94. The van der Waals surface area contributed by atoms with Crippen LogP contribution in [0.15, 0.2) is 12.1 Å². The monoisotopic (exact) mass is 327 g/mol. The highest BCUT2D eigenvalue weighted by molar-refractivity contribution is 5.85. The molecule has 0 radical (unpaired) electrons. The first-order chi connectivity index (χ1) is 9.60. The van der Waals surface area contributed by atoms with E-state index < -0.39 is 0 Å². The van der Waals surface area contributed by atoms with Crippen molar-refractivity contribution in [3.63, 3.8) is 0 Å². The third kappa shape index (κ3) is 4.15. The zero-order valence-electron chi connectivity index (χ0n) is 14.6. The Morgan fingerprint density at radius 1 is 1.09 bits per heavy atom. The number of halogens is 1. The quantitative estimate of drug-likeness (QED) is 0.817. The fourth-order valence-corrected chi connectivity index (χ4v) is 2.69. The molecule has 0 aromatic heterocycles. The molecule has 2 rings (SSSR count). The zero-order valence-corrected chi connectivity index (χ0v) is 15.4. The molecule has 1 aromatic rings. The number of phenolic OH excluding ortho intramolecular Hbond substituents is 1. The molecule has 0 saturated carbocycles. The van der Waals surface area contributed by atoms with Crippen LogP contribution in [0.3, 0.4) is 0 Å². The number of nitrogens with one attached hydrogen (secondary N) is 1. The highest BCUT2D eigenvalue weighted by Gasteiger charge is 2.28. The summed E-state index contributed by atoms with van der Waals surface area (Å²) < 4.78 is 5.57. The van der Waals surface area contributed by atoms with Gasteiger partial charge < -0.3 is 15.2 Å². The molecule has 2 N–H and O–H groups in total. The zero-order chi connectivity index (χ0) is 15.8. The lowest BCUT2D eigenvalue weighted by Gasteiger charge is -2.31. The molecule has 22 heavy (non-hydrogen) atoms. The molecule has 0 unspecified atom stereocenters. The summed E-state index contributed by atoms with van der Waals surface area (Å²) in [6.45, 7) is 15.2. The lowest BCUT2D eigenvalue weighted by atomic mass is 9.78. The Morgan fingerprint density at radius 2 is 1.73 bits per heavy atom. The van der Waals surface area contributed by atoms with Gasteiger partial charge in [0.25, 0.3) is 0 Å². The molecule has 0 bridgehead atoms. The van der Waals surface area contributed by atoms with Gasteiger partial charge in [0.2, 0.25) is 0 Å². The molecule has 1 fully saturated rings. The molecule has 1 heterocycles. The van der Waals surface area contributed by atoms with Crippen LogP contribution in [0, 0.1) is 0 Å². The van der Waals surface area contributed by atoms with Crippen molar-refractivity contribution in [2.45, 2.75) is 58.4 Å². The molecular formula is C18H30ClNO2. The Bertz CT molecular complexity index is 509. The lowest BCUT2D eigenvalue weighted by molar-refractivity contribution is 0.0759. The largest absolute Gasteiger partial charge is 0.507 e. The van der Waals surface area contributed by atoms with Crippen LogP contribution in [0.1, 0.15) is 64.3 Å². The second-order valence-electron chi connectivity index (χ2n) is 8.04. The average Bonchev–Trinajstić information content (AvgIpc) is 2.37. The number of phenols is 1. The first-order valence-electron chi connectivity index (χ1n) is 7.79. The van der Waals surface area contributed by atoms with Gasteiger partial charge in [0.05, 0.1) is 19.3 Å². The number of ether oxygens (including phenoxy) is 1. The van der Waals surface area contributed by atoms with Gasteiger partial charge in [0, 0.05) is 12.1 Å². The summed E-state index contributed by atoms with van der Waals surface area (Å²) in [7, 11) is 0. The van der Waals surface area contributed by atoms with Crippen LogP contribution in [0.2, 0.25) is 0 Å². The van der Waals surface area contributed by atoms with Gasteiger partial charge in [-0.2, -0.15) is 0 Å². The van der Waals surface area contributed by atoms with E-state index in [4.69, 9.17) is 4.74 Å². The van der Waals surface area contributed by atoms with E-state index in [1.54, 1.807) is 0 Å². The topological polar surface area (TPSA) is 41.5 Å². The number of benzene rings is 1. The van der Waals surface area contributed by atoms with E-state index in [-0.39, 0.29) is 29.3 Å². The van der Waals surface area contributed by atoms with Gasteiger partial charge in [-0.1, -0.05) is 47.6 Å². The minimum absolute atomic E-state index is 0. The highest BCUT2D eigenvalue weighted by atomic mass is 35.5. The fraction of sp³-hybridized carbons (Fsp3) is 0.667. The van der Waals surface area contributed by atoms with Gasteiger partial charge in [-0.15, -0.1) is 12.4 Å². The van der Waals surface area contributed by atoms with Crippen molar-refractivity contribution < 1.29 is 9.84 Å². The van der Waals surface area contributed by atoms with Crippen LogP contribution in [0.25, 0.3) is 0 Å². The van der Waals surface area contributed by atoms with Crippen LogP contribution in [-0.4, -0.2) is 24.9 Å². The Labute approximate surface area is 140 Å². The summed E-state index contributed by atoms with van der Waals surface area (Å²) in [6.07, 6.45) is 0. The van der Waals surface area contributed by atoms with Gasteiger partial charge in [-0.05, 0) is 28.0 Å². The second kappa shape index (κ2) is 6.77. The van der Waals surface area contributed by atoms with E-state index in [9.17, 15) is 5.11 Å². The third-order valence-electron chi connectivity index (χ3n) is 4.11. The number of rotatable bonds is 1. The summed E-state index contributed by atoms with van der Waals surface area (Å²) in [6, 6.07) is 4.36. The second-order valence-corrected chi connectivity index (χ2v) is 8.04. The van der Waals surface area contributed by atoms with Crippen LogP contribution in [0.5, 0.6) is 5.75 Å². The lowest BCUT2D eigenvalue weighted by Crippen LogP contribution is -2.35. The van der Waals surface area contributed by atoms with Crippen LogP contribution in [-0.2, 0) is 15.6 Å². The van der Waals surface area contributed by atoms with Gasteiger partial charge >= 0.3 is 0 Å². The first kappa shape index (κ1) is 19.3. The van der Waals surface area contributed by atoms with Gasteiger partial charge in [-0.25, -0.2) is 0 Å². The van der Waals surface area contributed by atoms with E-state index >= 15 is 0 Å². The Morgan fingerprint density at radius 3 is 2.18 bits per heavy atom.